The van der Waals surface area contributed by atoms with Gasteiger partial charge in [0.1, 0.15) is 27.8 Å². The van der Waals surface area contributed by atoms with Crippen molar-refractivity contribution < 1.29 is 29.0 Å². The second-order valence-corrected chi connectivity index (χ2v) is 13.6. The zero-order valence-electron chi connectivity index (χ0n) is 20.7. The fraction of sp³-hybridized carbons (Fsp3) is 0.478. The molecule has 2 N–H and O–H groups in total. The Labute approximate surface area is 229 Å². The number of hydrogen-bond acceptors (Lipinski definition) is 9. The van der Waals surface area contributed by atoms with Gasteiger partial charge in [0.05, 0.1) is 15.7 Å². The largest absolute Gasteiger partial charge is 0.480 e. The normalized spacial score (nSPS) is 12.9. The first kappa shape index (κ1) is 28.4. The second-order valence-electron chi connectivity index (χ2n) is 9.89. The number of alkyl carbamates (subject to hydrolysis) is 1. The zero-order valence-corrected chi connectivity index (χ0v) is 24.7. The first-order chi connectivity index (χ1) is 16.6. The number of aromatic nitrogens is 1. The summed E-state index contributed by atoms with van der Waals surface area (Å²) >= 11 is 7.56. The quantitative estimate of drug-likeness (QED) is 0.305. The van der Waals surface area contributed by atoms with E-state index in [1.807, 2.05) is 17.5 Å². The number of carbonyl (C=O) groups excluding carboxylic acids is 2. The highest BCUT2D eigenvalue weighted by molar-refractivity contribution is 9.10. The minimum Gasteiger partial charge on any atom is -0.480 e. The molecule has 13 heteroatoms. The van der Waals surface area contributed by atoms with Crippen molar-refractivity contribution in [3.05, 3.63) is 31.7 Å². The van der Waals surface area contributed by atoms with Gasteiger partial charge in [-0.1, -0.05) is 6.07 Å². The van der Waals surface area contributed by atoms with E-state index in [1.165, 1.54) is 34.2 Å². The third kappa shape index (κ3) is 7.40. The highest BCUT2D eigenvalue weighted by atomic mass is 79.9. The van der Waals surface area contributed by atoms with Crippen LogP contribution in [0.5, 0.6) is 0 Å². The zero-order chi connectivity index (χ0) is 26.8. The minimum absolute atomic E-state index is 0.0116. The summed E-state index contributed by atoms with van der Waals surface area (Å²) in [6, 6.07) is 2.65. The number of halogens is 1. The van der Waals surface area contributed by atoms with Crippen molar-refractivity contribution in [2.45, 2.75) is 71.8 Å². The van der Waals surface area contributed by atoms with Gasteiger partial charge >= 0.3 is 18.2 Å². The number of nitrogens with zero attached hydrogens (tertiary/aromatic N) is 2. The summed E-state index contributed by atoms with van der Waals surface area (Å²) in [6.07, 6.45) is -1.30. The molecule has 0 fully saturated rings. The number of carboxylic acids is 1. The molecule has 3 aromatic heterocycles. The molecule has 0 radical (unpaired) electrons. The minimum atomic E-state index is -1.21. The summed E-state index contributed by atoms with van der Waals surface area (Å²) in [5.74, 6) is -1.19. The summed E-state index contributed by atoms with van der Waals surface area (Å²) < 4.78 is 16.8. The van der Waals surface area contributed by atoms with Gasteiger partial charge in [0.15, 0.2) is 0 Å². The van der Waals surface area contributed by atoms with Crippen molar-refractivity contribution in [2.24, 2.45) is 0 Å². The maximum Gasteiger partial charge on any atom is 0.415 e. The van der Waals surface area contributed by atoms with Gasteiger partial charge in [-0.05, 0) is 80.5 Å². The van der Waals surface area contributed by atoms with Crippen LogP contribution in [-0.4, -0.2) is 44.9 Å². The first-order valence-corrected chi connectivity index (χ1v) is 14.2. The van der Waals surface area contributed by atoms with Gasteiger partial charge in [0.2, 0.25) is 0 Å². The monoisotopic (exact) mass is 617 g/mol. The molecule has 0 saturated carbocycles. The van der Waals surface area contributed by atoms with E-state index in [4.69, 9.17) is 9.47 Å². The van der Waals surface area contributed by atoms with Crippen LogP contribution in [-0.2, 0) is 27.2 Å². The van der Waals surface area contributed by atoms with Crippen LogP contribution in [0.1, 0.15) is 51.3 Å². The van der Waals surface area contributed by atoms with Crippen LogP contribution >= 0.6 is 50.1 Å². The van der Waals surface area contributed by atoms with Crippen LogP contribution in [0.4, 0.5) is 14.6 Å². The van der Waals surface area contributed by atoms with E-state index in [0.717, 1.165) is 9.58 Å². The van der Waals surface area contributed by atoms with Crippen LogP contribution in [0.15, 0.2) is 22.0 Å². The molecule has 9 nitrogen and oxygen atoms in total. The van der Waals surface area contributed by atoms with Crippen molar-refractivity contribution in [3.63, 3.8) is 0 Å². The number of rotatable bonds is 7. The smallest absolute Gasteiger partial charge is 0.415 e. The Morgan fingerprint density at radius 1 is 1.17 bits per heavy atom. The number of carboxylic acid groups (broad SMARTS) is 1. The Morgan fingerprint density at radius 2 is 1.83 bits per heavy atom. The van der Waals surface area contributed by atoms with Crippen molar-refractivity contribution in [1.82, 2.24) is 9.69 Å². The van der Waals surface area contributed by atoms with E-state index in [9.17, 15) is 19.5 Å². The lowest BCUT2D eigenvalue weighted by molar-refractivity contribution is -0.139. The van der Waals surface area contributed by atoms with Crippen LogP contribution in [0.25, 0.3) is 10.2 Å². The highest BCUT2D eigenvalue weighted by Gasteiger charge is 2.31. The van der Waals surface area contributed by atoms with Gasteiger partial charge in [-0.3, -0.25) is 4.90 Å². The van der Waals surface area contributed by atoms with Crippen LogP contribution in [0, 0.1) is 0 Å². The van der Waals surface area contributed by atoms with Gasteiger partial charge in [0, 0.05) is 16.2 Å². The van der Waals surface area contributed by atoms with E-state index in [-0.39, 0.29) is 6.42 Å². The average molecular weight is 619 g/mol. The van der Waals surface area contributed by atoms with Crippen molar-refractivity contribution in [2.75, 3.05) is 4.90 Å². The molecule has 0 aliphatic rings. The summed E-state index contributed by atoms with van der Waals surface area (Å²) in [6.45, 7) is 10.8. The molecule has 36 heavy (non-hydrogen) atoms. The number of hydrogen-bond donors (Lipinski definition) is 2. The molecule has 196 valence electrons. The number of thiophene rings is 2. The predicted molar refractivity (Wildman–Crippen MR) is 146 cm³/mol. The predicted octanol–water partition coefficient (Wildman–Crippen LogP) is 6.64. The molecule has 3 rings (SSSR count). The molecule has 1 atom stereocenters. The Hall–Kier alpha value is -2.22. The molecule has 0 spiro atoms. The number of amides is 2. The highest BCUT2D eigenvalue weighted by Crippen LogP contribution is 2.44. The summed E-state index contributed by atoms with van der Waals surface area (Å²) in [5, 5.41) is 14.7. The molecule has 3 aromatic rings. The van der Waals surface area contributed by atoms with Gasteiger partial charge in [0.25, 0.3) is 0 Å². The van der Waals surface area contributed by atoms with E-state index >= 15 is 0 Å². The van der Waals surface area contributed by atoms with Crippen LogP contribution < -0.4 is 10.2 Å². The lowest BCUT2D eigenvalue weighted by Gasteiger charge is -2.26. The van der Waals surface area contributed by atoms with Crippen molar-refractivity contribution in [1.29, 1.82) is 0 Å². The van der Waals surface area contributed by atoms with E-state index in [1.54, 1.807) is 46.4 Å². The van der Waals surface area contributed by atoms with Gasteiger partial charge in [-0.2, -0.15) is 4.37 Å². The number of ether oxygens (including phenoxy) is 2. The third-order valence-electron chi connectivity index (χ3n) is 4.44. The fourth-order valence-electron chi connectivity index (χ4n) is 3.04. The first-order valence-electron chi connectivity index (χ1n) is 11.0. The molecular formula is C23H28BrN3O6S3. The molecule has 0 aliphatic carbocycles. The number of anilines is 1. The van der Waals surface area contributed by atoms with E-state index in [2.05, 4.69) is 25.6 Å². The topological polar surface area (TPSA) is 118 Å². The number of aliphatic carboxylic acids is 1. The fourth-order valence-corrected chi connectivity index (χ4v) is 6.87. The Balaban J connectivity index is 1.93. The van der Waals surface area contributed by atoms with E-state index in [0.29, 0.717) is 26.4 Å². The van der Waals surface area contributed by atoms with Gasteiger partial charge < -0.3 is 19.9 Å². The lowest BCUT2D eigenvalue weighted by atomic mass is 10.2. The molecule has 3 heterocycles. The van der Waals surface area contributed by atoms with Crippen LogP contribution in [0.3, 0.4) is 0 Å². The second kappa shape index (κ2) is 11.0. The molecule has 0 bridgehead atoms. The Bertz CT molecular complexity index is 1240. The van der Waals surface area contributed by atoms with Crippen LogP contribution in [0.2, 0.25) is 0 Å². The third-order valence-corrected chi connectivity index (χ3v) is 8.63. The van der Waals surface area contributed by atoms with Crippen molar-refractivity contribution >= 4 is 83.5 Å². The molecular weight excluding hydrogens is 590 g/mol. The number of fused-ring (bicyclic) bond motifs is 1. The standard InChI is InChI=1S/C23H28BrN3O6S3/c1-22(2,3)32-20(30)25-13(19(28)29)10-14-15(24)16-17(35-14)18(36-26-16)27(11-12-8-7-9-34-12)21(31)33-23(4,5)6/h7-9,13H,10-11H2,1-6H3,(H,25,30)(H,28,29). The van der Waals surface area contributed by atoms with Crippen molar-refractivity contribution in [3.8, 4) is 0 Å². The summed E-state index contributed by atoms with van der Waals surface area (Å²) in [5.41, 5.74) is -0.820. The SMILES string of the molecule is CC(C)(C)OC(=O)NC(Cc1sc2c(N(Cc3cccs3)C(=O)OC(C)(C)C)snc2c1Br)C(=O)O. The average Bonchev–Trinajstić information content (AvgIpc) is 3.42. The molecule has 0 aromatic carbocycles. The number of carbonyl (C=O) groups is 3. The molecule has 0 aliphatic heterocycles. The molecule has 2 amide bonds. The number of nitrogens with one attached hydrogen (secondary N) is 1. The van der Waals surface area contributed by atoms with Gasteiger partial charge in [-0.25, -0.2) is 14.4 Å². The molecule has 0 saturated heterocycles. The summed E-state index contributed by atoms with van der Waals surface area (Å²) in [7, 11) is 0. The van der Waals surface area contributed by atoms with E-state index < -0.39 is 35.4 Å². The summed E-state index contributed by atoms with van der Waals surface area (Å²) in [4.78, 5) is 40.4. The maximum atomic E-state index is 13.2. The Kier molecular flexibility index (Phi) is 8.69. The van der Waals surface area contributed by atoms with Gasteiger partial charge in [-0.15, -0.1) is 22.7 Å². The lowest BCUT2D eigenvalue weighted by Crippen LogP contribution is -2.44. The Morgan fingerprint density at radius 3 is 2.39 bits per heavy atom. The maximum absolute atomic E-state index is 13.2. The molecule has 1 unspecified atom stereocenters.